The summed E-state index contributed by atoms with van der Waals surface area (Å²) < 4.78 is 0. The summed E-state index contributed by atoms with van der Waals surface area (Å²) in [6, 6.07) is -0.543. The Balaban J connectivity index is 3.71. The van der Waals surface area contributed by atoms with E-state index in [2.05, 4.69) is 5.32 Å². The highest BCUT2D eigenvalue weighted by Crippen LogP contribution is 2.25. The average molecular weight is 202 g/mol. The summed E-state index contributed by atoms with van der Waals surface area (Å²) in [5, 5.41) is 11.0. The van der Waals surface area contributed by atoms with E-state index in [0.717, 1.165) is 6.42 Å². The van der Waals surface area contributed by atoms with Crippen molar-refractivity contribution >= 4 is 12.0 Å². The van der Waals surface area contributed by atoms with Crippen molar-refractivity contribution in [3.63, 3.8) is 0 Å². The van der Waals surface area contributed by atoms with Crippen molar-refractivity contribution in [2.24, 2.45) is 11.1 Å². The van der Waals surface area contributed by atoms with Gasteiger partial charge in [-0.2, -0.15) is 0 Å². The minimum absolute atomic E-state index is 0.0825. The van der Waals surface area contributed by atoms with E-state index in [-0.39, 0.29) is 11.8 Å². The van der Waals surface area contributed by atoms with Gasteiger partial charge in [-0.3, -0.25) is 4.79 Å². The van der Waals surface area contributed by atoms with E-state index in [1.807, 2.05) is 13.8 Å². The molecule has 0 aromatic carbocycles. The Hall–Kier alpha value is -1.26. The summed E-state index contributed by atoms with van der Waals surface area (Å²) >= 11 is 0. The molecule has 0 aromatic rings. The van der Waals surface area contributed by atoms with Gasteiger partial charge in [0.15, 0.2) is 0 Å². The van der Waals surface area contributed by atoms with Crippen LogP contribution in [0.25, 0.3) is 0 Å². The maximum Gasteiger partial charge on any atom is 0.312 e. The number of nitrogens with one attached hydrogen (secondary N) is 1. The number of amides is 2. The molecular weight excluding hydrogens is 184 g/mol. The Kier molecular flexibility index (Phi) is 4.97. The first kappa shape index (κ1) is 12.7. The van der Waals surface area contributed by atoms with Crippen LogP contribution in [0.3, 0.4) is 0 Å². The molecule has 82 valence electrons. The normalized spacial score (nSPS) is 11.0. The fourth-order valence-corrected chi connectivity index (χ4v) is 1.09. The van der Waals surface area contributed by atoms with Crippen molar-refractivity contribution in [1.82, 2.24) is 5.32 Å². The molecule has 14 heavy (non-hydrogen) atoms. The van der Waals surface area contributed by atoms with Gasteiger partial charge in [0.2, 0.25) is 0 Å². The maximum atomic E-state index is 10.4. The molecule has 5 nitrogen and oxygen atoms in total. The van der Waals surface area contributed by atoms with Crippen molar-refractivity contribution in [1.29, 1.82) is 0 Å². The van der Waals surface area contributed by atoms with E-state index >= 15 is 0 Å². The van der Waals surface area contributed by atoms with Crippen LogP contribution in [0.5, 0.6) is 0 Å². The highest BCUT2D eigenvalue weighted by atomic mass is 16.4. The fraction of sp³-hybridized carbons (Fsp3) is 0.778. The average Bonchev–Trinajstić information content (AvgIpc) is 2.00. The van der Waals surface area contributed by atoms with Crippen LogP contribution in [-0.4, -0.2) is 23.7 Å². The number of carbonyl (C=O) groups excluding carboxylic acids is 1. The monoisotopic (exact) mass is 202 g/mol. The number of nitrogens with two attached hydrogens (primary N) is 1. The lowest BCUT2D eigenvalue weighted by Crippen LogP contribution is -2.32. The molecule has 0 rings (SSSR count). The third kappa shape index (κ3) is 7.39. The minimum atomic E-state index is -0.791. The van der Waals surface area contributed by atoms with Gasteiger partial charge in [0.25, 0.3) is 0 Å². The molecule has 0 bridgehead atoms. The van der Waals surface area contributed by atoms with Gasteiger partial charge in [0, 0.05) is 13.0 Å². The molecule has 4 N–H and O–H groups in total. The number of carboxylic acids is 1. The molecule has 0 aromatic heterocycles. The van der Waals surface area contributed by atoms with Crippen molar-refractivity contribution in [2.45, 2.75) is 33.1 Å². The van der Waals surface area contributed by atoms with Crippen LogP contribution in [0.4, 0.5) is 4.79 Å². The predicted molar refractivity (Wildman–Crippen MR) is 52.9 cm³/mol. The predicted octanol–water partition coefficient (Wildman–Crippen LogP) is 0.936. The quantitative estimate of drug-likeness (QED) is 0.598. The van der Waals surface area contributed by atoms with E-state index < -0.39 is 12.0 Å². The zero-order chi connectivity index (χ0) is 11.2. The summed E-state index contributed by atoms with van der Waals surface area (Å²) in [7, 11) is 0. The first-order valence-electron chi connectivity index (χ1n) is 4.58. The zero-order valence-electron chi connectivity index (χ0n) is 8.67. The van der Waals surface area contributed by atoms with Gasteiger partial charge < -0.3 is 16.2 Å². The second-order valence-corrected chi connectivity index (χ2v) is 4.10. The standard InChI is InChI=1S/C9H18N2O3/c1-9(2,4-3-7(12)13)5-6-11-8(10)14/h3-6H2,1-2H3,(H,12,13)(H3,10,11,14). The highest BCUT2D eigenvalue weighted by Gasteiger charge is 2.18. The Morgan fingerprint density at radius 1 is 1.36 bits per heavy atom. The van der Waals surface area contributed by atoms with E-state index in [9.17, 15) is 9.59 Å². The van der Waals surface area contributed by atoms with Gasteiger partial charge in [0.1, 0.15) is 0 Å². The number of aliphatic carboxylic acids is 1. The molecule has 0 aliphatic carbocycles. The van der Waals surface area contributed by atoms with Gasteiger partial charge in [-0.1, -0.05) is 13.8 Å². The number of carbonyl (C=O) groups is 2. The van der Waals surface area contributed by atoms with Crippen LogP contribution in [0.2, 0.25) is 0 Å². The lowest BCUT2D eigenvalue weighted by atomic mass is 9.84. The first-order valence-corrected chi connectivity index (χ1v) is 4.58. The lowest BCUT2D eigenvalue weighted by molar-refractivity contribution is -0.137. The van der Waals surface area contributed by atoms with E-state index in [4.69, 9.17) is 10.8 Å². The molecule has 5 heteroatoms. The Bertz CT molecular complexity index is 214. The molecule has 0 saturated carbocycles. The van der Waals surface area contributed by atoms with Crippen LogP contribution in [0.1, 0.15) is 33.1 Å². The van der Waals surface area contributed by atoms with E-state index in [1.54, 1.807) is 0 Å². The first-order chi connectivity index (χ1) is 6.33. The fourth-order valence-electron chi connectivity index (χ4n) is 1.09. The summed E-state index contributed by atoms with van der Waals surface area (Å²) in [6.07, 6.45) is 1.48. The van der Waals surface area contributed by atoms with Crippen LogP contribution in [0.15, 0.2) is 0 Å². The molecule has 0 fully saturated rings. The van der Waals surface area contributed by atoms with Gasteiger partial charge in [-0.05, 0) is 18.3 Å². The molecule has 0 radical (unpaired) electrons. The smallest absolute Gasteiger partial charge is 0.312 e. The molecule has 0 heterocycles. The molecule has 2 amide bonds. The second kappa shape index (κ2) is 5.47. The molecule has 0 atom stereocenters. The summed E-state index contributed by atoms with van der Waals surface area (Å²) in [5.41, 5.74) is 4.82. The Labute approximate surface area is 83.7 Å². The number of hydrogen-bond acceptors (Lipinski definition) is 2. The second-order valence-electron chi connectivity index (χ2n) is 4.10. The van der Waals surface area contributed by atoms with Crippen molar-refractivity contribution in [3.05, 3.63) is 0 Å². The van der Waals surface area contributed by atoms with Crippen LogP contribution < -0.4 is 11.1 Å². The van der Waals surface area contributed by atoms with Crippen LogP contribution in [-0.2, 0) is 4.79 Å². The number of hydrogen-bond donors (Lipinski definition) is 3. The molecule has 0 unspecified atom stereocenters. The van der Waals surface area contributed by atoms with Gasteiger partial charge in [-0.15, -0.1) is 0 Å². The van der Waals surface area contributed by atoms with E-state index in [0.29, 0.717) is 13.0 Å². The topological polar surface area (TPSA) is 92.4 Å². The maximum absolute atomic E-state index is 10.4. The van der Waals surface area contributed by atoms with Crippen molar-refractivity contribution < 1.29 is 14.7 Å². The molecule has 0 saturated heterocycles. The Morgan fingerprint density at radius 2 is 1.93 bits per heavy atom. The van der Waals surface area contributed by atoms with Crippen molar-refractivity contribution in [3.8, 4) is 0 Å². The largest absolute Gasteiger partial charge is 0.481 e. The van der Waals surface area contributed by atoms with Gasteiger partial charge >= 0.3 is 12.0 Å². The number of rotatable bonds is 6. The highest BCUT2D eigenvalue weighted by molar-refractivity contribution is 5.71. The third-order valence-corrected chi connectivity index (χ3v) is 2.12. The Morgan fingerprint density at radius 3 is 2.36 bits per heavy atom. The molecule has 0 aliphatic heterocycles. The molecule has 0 spiro atoms. The molecular formula is C9H18N2O3. The van der Waals surface area contributed by atoms with Gasteiger partial charge in [-0.25, -0.2) is 4.79 Å². The van der Waals surface area contributed by atoms with Crippen molar-refractivity contribution in [2.75, 3.05) is 6.54 Å². The molecule has 0 aliphatic rings. The van der Waals surface area contributed by atoms with Crippen LogP contribution >= 0.6 is 0 Å². The SMILES string of the molecule is CC(C)(CCNC(N)=O)CCC(=O)O. The minimum Gasteiger partial charge on any atom is -0.481 e. The third-order valence-electron chi connectivity index (χ3n) is 2.12. The van der Waals surface area contributed by atoms with Crippen LogP contribution in [0, 0.1) is 5.41 Å². The number of urea groups is 1. The number of carboxylic acid groups (broad SMARTS) is 1. The van der Waals surface area contributed by atoms with Gasteiger partial charge in [0.05, 0.1) is 0 Å². The summed E-state index contributed by atoms with van der Waals surface area (Å²) in [4.78, 5) is 20.7. The zero-order valence-corrected chi connectivity index (χ0v) is 8.67. The summed E-state index contributed by atoms with van der Waals surface area (Å²) in [6.45, 7) is 4.43. The lowest BCUT2D eigenvalue weighted by Gasteiger charge is -2.23. The summed E-state index contributed by atoms with van der Waals surface area (Å²) in [5.74, 6) is -0.791. The number of primary amides is 1. The van der Waals surface area contributed by atoms with E-state index in [1.165, 1.54) is 0 Å².